The van der Waals surface area contributed by atoms with Crippen LogP contribution in [0.1, 0.15) is 35.5 Å². The first-order valence-corrected chi connectivity index (χ1v) is 10.2. The van der Waals surface area contributed by atoms with Crippen LogP contribution in [0.5, 0.6) is 0 Å². The molecule has 0 radical (unpaired) electrons. The van der Waals surface area contributed by atoms with Gasteiger partial charge in [-0.05, 0) is 42.8 Å². The van der Waals surface area contributed by atoms with E-state index in [0.717, 1.165) is 22.6 Å². The SMILES string of the molecule is CCCOC(=O)c1ccc(NS(=O)(=O)c2ccc(CNC(C)=O)s2)cc1. The summed E-state index contributed by atoms with van der Waals surface area (Å²) in [7, 11) is -3.74. The molecule has 0 spiro atoms. The summed E-state index contributed by atoms with van der Waals surface area (Å²) in [6.45, 7) is 3.92. The average molecular weight is 396 g/mol. The molecule has 26 heavy (non-hydrogen) atoms. The Kier molecular flexibility index (Phi) is 6.76. The number of nitrogens with one attached hydrogen (secondary N) is 2. The molecule has 7 nitrogen and oxygen atoms in total. The Labute approximate surface area is 156 Å². The average Bonchev–Trinajstić information content (AvgIpc) is 3.08. The molecule has 1 aromatic heterocycles. The summed E-state index contributed by atoms with van der Waals surface area (Å²) in [4.78, 5) is 23.4. The maximum absolute atomic E-state index is 12.4. The van der Waals surface area contributed by atoms with Crippen molar-refractivity contribution in [2.45, 2.75) is 31.0 Å². The molecule has 1 amide bonds. The van der Waals surface area contributed by atoms with Gasteiger partial charge >= 0.3 is 5.97 Å². The second kappa shape index (κ2) is 8.81. The van der Waals surface area contributed by atoms with Crippen LogP contribution in [0.4, 0.5) is 5.69 Å². The number of sulfonamides is 1. The molecule has 2 N–H and O–H groups in total. The van der Waals surface area contributed by atoms with E-state index >= 15 is 0 Å². The van der Waals surface area contributed by atoms with Crippen LogP contribution in [0, 0.1) is 0 Å². The second-order valence-corrected chi connectivity index (χ2v) is 8.53. The number of rotatable bonds is 8. The fourth-order valence-electron chi connectivity index (χ4n) is 1.97. The summed E-state index contributed by atoms with van der Waals surface area (Å²) in [6.07, 6.45) is 0.731. The van der Waals surface area contributed by atoms with Gasteiger partial charge in [-0.25, -0.2) is 13.2 Å². The van der Waals surface area contributed by atoms with E-state index < -0.39 is 16.0 Å². The molecule has 0 bridgehead atoms. The Balaban J connectivity index is 2.04. The summed E-state index contributed by atoms with van der Waals surface area (Å²) in [5.74, 6) is -0.624. The number of amides is 1. The molecule has 1 aromatic carbocycles. The molecule has 0 aliphatic rings. The van der Waals surface area contributed by atoms with E-state index in [0.29, 0.717) is 17.9 Å². The lowest BCUT2D eigenvalue weighted by Crippen LogP contribution is -2.18. The predicted molar refractivity (Wildman–Crippen MR) is 99.7 cm³/mol. The fourth-order valence-corrected chi connectivity index (χ4v) is 4.32. The van der Waals surface area contributed by atoms with Crippen LogP contribution in [0.25, 0.3) is 0 Å². The summed E-state index contributed by atoms with van der Waals surface area (Å²) in [5, 5.41) is 2.62. The van der Waals surface area contributed by atoms with Gasteiger partial charge in [0.05, 0.1) is 18.7 Å². The number of esters is 1. The van der Waals surface area contributed by atoms with Crippen molar-refractivity contribution in [2.24, 2.45) is 0 Å². The van der Waals surface area contributed by atoms with Crippen LogP contribution in [-0.2, 0) is 26.1 Å². The number of carbonyl (C=O) groups is 2. The molecule has 9 heteroatoms. The van der Waals surface area contributed by atoms with Crippen LogP contribution < -0.4 is 10.0 Å². The Morgan fingerprint density at radius 1 is 1.12 bits per heavy atom. The number of carbonyl (C=O) groups excluding carboxylic acids is 2. The summed E-state index contributed by atoms with van der Waals surface area (Å²) < 4.78 is 32.5. The van der Waals surface area contributed by atoms with E-state index in [1.54, 1.807) is 6.07 Å². The van der Waals surface area contributed by atoms with Gasteiger partial charge in [0.15, 0.2) is 0 Å². The van der Waals surface area contributed by atoms with Crippen molar-refractivity contribution >= 4 is 38.9 Å². The second-order valence-electron chi connectivity index (χ2n) is 5.45. The molecule has 0 atom stereocenters. The van der Waals surface area contributed by atoms with Gasteiger partial charge in [0.2, 0.25) is 5.91 Å². The smallest absolute Gasteiger partial charge is 0.338 e. The van der Waals surface area contributed by atoms with Gasteiger partial charge in [0.25, 0.3) is 10.0 Å². The van der Waals surface area contributed by atoms with Gasteiger partial charge in [-0.2, -0.15) is 0 Å². The van der Waals surface area contributed by atoms with Crippen molar-refractivity contribution in [2.75, 3.05) is 11.3 Å². The Hall–Kier alpha value is -2.39. The number of thiophene rings is 1. The quantitative estimate of drug-likeness (QED) is 0.668. The van der Waals surface area contributed by atoms with E-state index in [2.05, 4.69) is 10.0 Å². The highest BCUT2D eigenvalue weighted by Gasteiger charge is 2.17. The molecule has 2 aromatic rings. The first-order valence-electron chi connectivity index (χ1n) is 7.95. The third-order valence-corrected chi connectivity index (χ3v) is 6.18. The molecule has 0 saturated carbocycles. The van der Waals surface area contributed by atoms with Gasteiger partial charge in [-0.3, -0.25) is 9.52 Å². The van der Waals surface area contributed by atoms with Crippen LogP contribution in [-0.4, -0.2) is 26.9 Å². The lowest BCUT2D eigenvalue weighted by atomic mass is 10.2. The minimum absolute atomic E-state index is 0.143. The molecule has 0 unspecified atom stereocenters. The summed E-state index contributed by atoms with van der Waals surface area (Å²) in [5.41, 5.74) is 0.698. The number of anilines is 1. The lowest BCUT2D eigenvalue weighted by Gasteiger charge is -2.07. The van der Waals surface area contributed by atoms with Gasteiger partial charge < -0.3 is 10.1 Å². The highest BCUT2D eigenvalue weighted by molar-refractivity contribution is 7.94. The standard InChI is InChI=1S/C17H20N2O5S2/c1-3-10-24-17(21)13-4-6-14(7-5-13)19-26(22,23)16-9-8-15(25-16)11-18-12(2)20/h4-9,19H,3,10-11H2,1-2H3,(H,18,20). The normalized spacial score (nSPS) is 11.0. The van der Waals surface area contributed by atoms with Crippen molar-refractivity contribution in [1.29, 1.82) is 0 Å². The van der Waals surface area contributed by atoms with E-state index in [1.165, 1.54) is 37.3 Å². The van der Waals surface area contributed by atoms with Crippen molar-refractivity contribution < 1.29 is 22.7 Å². The molecule has 0 aliphatic heterocycles. The molecule has 0 saturated heterocycles. The lowest BCUT2D eigenvalue weighted by molar-refractivity contribution is -0.119. The Morgan fingerprint density at radius 3 is 2.42 bits per heavy atom. The van der Waals surface area contributed by atoms with E-state index in [4.69, 9.17) is 4.74 Å². The van der Waals surface area contributed by atoms with Crippen molar-refractivity contribution in [3.8, 4) is 0 Å². The van der Waals surface area contributed by atoms with Gasteiger partial charge in [-0.1, -0.05) is 6.92 Å². The van der Waals surface area contributed by atoms with Gasteiger partial charge in [-0.15, -0.1) is 11.3 Å². The van der Waals surface area contributed by atoms with Gasteiger partial charge in [0, 0.05) is 17.5 Å². The third-order valence-electron chi connectivity index (χ3n) is 3.22. The topological polar surface area (TPSA) is 102 Å². The van der Waals surface area contributed by atoms with Crippen molar-refractivity contribution in [3.05, 3.63) is 46.8 Å². The van der Waals surface area contributed by atoms with Crippen LogP contribution in [0.3, 0.4) is 0 Å². The molecule has 0 aliphatic carbocycles. The van der Waals surface area contributed by atoms with Crippen molar-refractivity contribution in [1.82, 2.24) is 5.32 Å². The minimum atomic E-state index is -3.74. The first kappa shape index (κ1) is 19.9. The maximum Gasteiger partial charge on any atom is 0.338 e. The summed E-state index contributed by atoms with van der Waals surface area (Å²) >= 11 is 1.08. The molecule has 140 valence electrons. The number of hydrogen-bond donors (Lipinski definition) is 2. The highest BCUT2D eigenvalue weighted by atomic mass is 32.2. The highest BCUT2D eigenvalue weighted by Crippen LogP contribution is 2.24. The largest absolute Gasteiger partial charge is 0.462 e. The van der Waals surface area contributed by atoms with Crippen molar-refractivity contribution in [3.63, 3.8) is 0 Å². The fraction of sp³-hybridized carbons (Fsp3) is 0.294. The van der Waals surface area contributed by atoms with E-state index in [-0.39, 0.29) is 16.7 Å². The number of hydrogen-bond acceptors (Lipinski definition) is 6. The minimum Gasteiger partial charge on any atom is -0.462 e. The molecule has 1 heterocycles. The van der Waals surface area contributed by atoms with Gasteiger partial charge in [0.1, 0.15) is 4.21 Å². The zero-order valence-electron chi connectivity index (χ0n) is 14.4. The molecule has 2 rings (SSSR count). The first-order chi connectivity index (χ1) is 12.3. The maximum atomic E-state index is 12.4. The monoisotopic (exact) mass is 396 g/mol. The Morgan fingerprint density at radius 2 is 1.81 bits per heavy atom. The zero-order chi connectivity index (χ0) is 19.2. The third kappa shape index (κ3) is 5.57. The number of benzene rings is 1. The summed E-state index contributed by atoms with van der Waals surface area (Å²) in [6, 6.07) is 9.17. The molecular formula is C17H20N2O5S2. The number of ether oxygens (including phenoxy) is 1. The molecular weight excluding hydrogens is 376 g/mol. The molecule has 0 fully saturated rings. The van der Waals surface area contributed by atoms with Crippen LogP contribution >= 0.6 is 11.3 Å². The van der Waals surface area contributed by atoms with E-state index in [9.17, 15) is 18.0 Å². The van der Waals surface area contributed by atoms with Crippen LogP contribution in [0.2, 0.25) is 0 Å². The van der Waals surface area contributed by atoms with E-state index in [1.807, 2.05) is 6.92 Å². The predicted octanol–water partition coefficient (Wildman–Crippen LogP) is 2.75. The van der Waals surface area contributed by atoms with Crippen LogP contribution in [0.15, 0.2) is 40.6 Å². The Bertz CT molecular complexity index is 873. The zero-order valence-corrected chi connectivity index (χ0v) is 16.1.